The van der Waals surface area contributed by atoms with Gasteiger partial charge in [-0.2, -0.15) is 0 Å². The summed E-state index contributed by atoms with van der Waals surface area (Å²) in [7, 11) is -3.14. The summed E-state index contributed by atoms with van der Waals surface area (Å²) < 4.78 is 24.3. The molecule has 1 aromatic heterocycles. The highest BCUT2D eigenvalue weighted by molar-refractivity contribution is 7.88. The minimum Gasteiger partial charge on any atom is -0.370 e. The molecule has 0 aromatic carbocycles. The molecule has 9 heteroatoms. The number of anilines is 2. The van der Waals surface area contributed by atoms with Crippen LogP contribution in [-0.4, -0.2) is 37.7 Å². The van der Waals surface area contributed by atoms with Gasteiger partial charge < -0.3 is 10.7 Å². The summed E-state index contributed by atoms with van der Waals surface area (Å²) in [6.07, 6.45) is 1.78. The monoisotopic (exact) mass is 316 g/mol. The van der Waals surface area contributed by atoms with Crippen molar-refractivity contribution in [3.05, 3.63) is 11.9 Å². The molecule has 0 saturated heterocycles. The second-order valence-corrected chi connectivity index (χ2v) is 7.64. The maximum Gasteiger partial charge on any atom is 0.208 e. The van der Waals surface area contributed by atoms with Crippen LogP contribution in [0.5, 0.6) is 0 Å². The van der Waals surface area contributed by atoms with Crippen LogP contribution in [0.2, 0.25) is 0 Å². The summed E-state index contributed by atoms with van der Waals surface area (Å²) in [5, 5.41) is 3.14. The zero-order valence-corrected chi connectivity index (χ0v) is 13.7. The standard InChI is InChI=1S/C12H24N6O2S/c1-12(2,3)11-16-9(8-10(17-11)18-13)14-6-5-7-15-21(4,19)20/h8,15H,5-7,13H2,1-4H3,(H2,14,16,17,18). The summed E-state index contributed by atoms with van der Waals surface area (Å²) >= 11 is 0. The Labute approximate surface area is 126 Å². The number of hydrazine groups is 1. The SMILES string of the molecule is CC(C)(C)c1nc(NN)cc(NCCCNS(C)(=O)=O)n1. The molecule has 0 atom stereocenters. The molecular weight excluding hydrogens is 292 g/mol. The average molecular weight is 316 g/mol. The molecule has 0 spiro atoms. The lowest BCUT2D eigenvalue weighted by Gasteiger charge is -2.18. The number of sulfonamides is 1. The van der Waals surface area contributed by atoms with Gasteiger partial charge in [-0.3, -0.25) is 0 Å². The van der Waals surface area contributed by atoms with Gasteiger partial charge in [-0.25, -0.2) is 29.0 Å². The summed E-state index contributed by atoms with van der Waals surface area (Å²) in [4.78, 5) is 8.76. The largest absolute Gasteiger partial charge is 0.370 e. The van der Waals surface area contributed by atoms with Gasteiger partial charge in [-0.15, -0.1) is 0 Å². The van der Waals surface area contributed by atoms with Crippen LogP contribution < -0.4 is 21.3 Å². The number of nitrogen functional groups attached to an aromatic ring is 1. The Hall–Kier alpha value is -1.45. The van der Waals surface area contributed by atoms with E-state index in [0.717, 1.165) is 6.26 Å². The third-order valence-electron chi connectivity index (χ3n) is 2.57. The second kappa shape index (κ2) is 7.01. The zero-order valence-electron chi connectivity index (χ0n) is 12.9. The first-order valence-corrected chi connectivity index (χ1v) is 8.55. The molecule has 0 fully saturated rings. The maximum absolute atomic E-state index is 10.9. The number of nitrogens with two attached hydrogens (primary N) is 1. The summed E-state index contributed by atoms with van der Waals surface area (Å²) in [6.45, 7) is 7.02. The molecule has 1 aromatic rings. The first-order chi connectivity index (χ1) is 9.62. The Balaban J connectivity index is 2.62. The van der Waals surface area contributed by atoms with E-state index >= 15 is 0 Å². The van der Waals surface area contributed by atoms with Crippen molar-refractivity contribution in [3.63, 3.8) is 0 Å². The van der Waals surface area contributed by atoms with Crippen LogP contribution in [0, 0.1) is 0 Å². The lowest BCUT2D eigenvalue weighted by molar-refractivity contribution is 0.546. The third-order valence-corrected chi connectivity index (χ3v) is 3.30. The average Bonchev–Trinajstić information content (AvgIpc) is 2.35. The Bertz CT molecular complexity index is 568. The minimum atomic E-state index is -3.14. The molecule has 21 heavy (non-hydrogen) atoms. The quantitative estimate of drug-likeness (QED) is 0.326. The predicted octanol–water partition coefficient (Wildman–Crippen LogP) is 0.411. The minimum absolute atomic E-state index is 0.193. The van der Waals surface area contributed by atoms with Crippen LogP contribution in [0.3, 0.4) is 0 Å². The van der Waals surface area contributed by atoms with Crippen LogP contribution in [0.15, 0.2) is 6.07 Å². The van der Waals surface area contributed by atoms with Crippen molar-refractivity contribution < 1.29 is 8.42 Å². The van der Waals surface area contributed by atoms with Gasteiger partial charge >= 0.3 is 0 Å². The molecule has 0 radical (unpaired) electrons. The Morgan fingerprint density at radius 1 is 1.19 bits per heavy atom. The zero-order chi connectivity index (χ0) is 16.1. The van der Waals surface area contributed by atoms with Crippen molar-refractivity contribution in [3.8, 4) is 0 Å². The lowest BCUT2D eigenvalue weighted by atomic mass is 9.96. The van der Waals surface area contributed by atoms with E-state index < -0.39 is 10.0 Å². The molecule has 0 bridgehead atoms. The first kappa shape index (κ1) is 17.6. The molecule has 0 aliphatic rings. The number of rotatable bonds is 7. The predicted molar refractivity (Wildman–Crippen MR) is 84.5 cm³/mol. The highest BCUT2D eigenvalue weighted by Crippen LogP contribution is 2.21. The van der Waals surface area contributed by atoms with Crippen LogP contribution in [0.1, 0.15) is 33.0 Å². The van der Waals surface area contributed by atoms with E-state index in [1.54, 1.807) is 6.07 Å². The van der Waals surface area contributed by atoms with Gasteiger partial charge in [-0.05, 0) is 6.42 Å². The molecule has 5 N–H and O–H groups in total. The normalized spacial score (nSPS) is 12.2. The van der Waals surface area contributed by atoms with Crippen molar-refractivity contribution in [2.45, 2.75) is 32.6 Å². The van der Waals surface area contributed by atoms with Crippen LogP contribution in [0.4, 0.5) is 11.6 Å². The molecular formula is C12H24N6O2S. The van der Waals surface area contributed by atoms with Gasteiger partial charge in [-0.1, -0.05) is 20.8 Å². The fourth-order valence-electron chi connectivity index (χ4n) is 1.51. The van der Waals surface area contributed by atoms with E-state index in [0.29, 0.717) is 37.0 Å². The Morgan fingerprint density at radius 3 is 2.33 bits per heavy atom. The molecule has 0 aliphatic carbocycles. The van der Waals surface area contributed by atoms with Crippen LogP contribution in [0.25, 0.3) is 0 Å². The molecule has 0 saturated carbocycles. The fraction of sp³-hybridized carbons (Fsp3) is 0.667. The molecule has 1 rings (SSSR count). The van der Waals surface area contributed by atoms with Gasteiger partial charge in [0.15, 0.2) is 0 Å². The number of nitrogens with one attached hydrogen (secondary N) is 3. The van der Waals surface area contributed by atoms with E-state index in [2.05, 4.69) is 25.4 Å². The molecule has 0 unspecified atom stereocenters. The molecule has 120 valence electrons. The number of nitrogens with zero attached hydrogens (tertiary/aromatic N) is 2. The van der Waals surface area contributed by atoms with Crippen molar-refractivity contribution in [2.75, 3.05) is 30.1 Å². The molecule has 8 nitrogen and oxygen atoms in total. The van der Waals surface area contributed by atoms with E-state index in [1.165, 1.54) is 0 Å². The molecule has 1 heterocycles. The number of hydrogen-bond acceptors (Lipinski definition) is 7. The van der Waals surface area contributed by atoms with Crippen molar-refractivity contribution >= 4 is 21.7 Å². The second-order valence-electron chi connectivity index (χ2n) is 5.80. The van der Waals surface area contributed by atoms with E-state index in [4.69, 9.17) is 5.84 Å². The van der Waals surface area contributed by atoms with Gasteiger partial charge in [0.2, 0.25) is 10.0 Å². The lowest BCUT2D eigenvalue weighted by Crippen LogP contribution is -2.25. The summed E-state index contributed by atoms with van der Waals surface area (Å²) in [5.41, 5.74) is 2.33. The van der Waals surface area contributed by atoms with Crippen LogP contribution in [-0.2, 0) is 15.4 Å². The topological polar surface area (TPSA) is 122 Å². The Kier molecular flexibility index (Phi) is 5.87. The maximum atomic E-state index is 10.9. The molecule has 0 aliphatic heterocycles. The third kappa shape index (κ3) is 6.69. The van der Waals surface area contributed by atoms with Crippen LogP contribution >= 0.6 is 0 Å². The summed E-state index contributed by atoms with van der Waals surface area (Å²) in [5.74, 6) is 7.27. The van der Waals surface area contributed by atoms with Gasteiger partial charge in [0.25, 0.3) is 0 Å². The summed E-state index contributed by atoms with van der Waals surface area (Å²) in [6, 6.07) is 1.71. The van der Waals surface area contributed by atoms with E-state index in [9.17, 15) is 8.42 Å². The van der Waals surface area contributed by atoms with E-state index in [-0.39, 0.29) is 5.41 Å². The molecule has 0 amide bonds. The Morgan fingerprint density at radius 2 is 1.81 bits per heavy atom. The first-order valence-electron chi connectivity index (χ1n) is 6.66. The number of aromatic nitrogens is 2. The van der Waals surface area contributed by atoms with Crippen molar-refractivity contribution in [1.82, 2.24) is 14.7 Å². The highest BCUT2D eigenvalue weighted by atomic mass is 32.2. The van der Waals surface area contributed by atoms with Gasteiger partial charge in [0.1, 0.15) is 17.5 Å². The fourth-order valence-corrected chi connectivity index (χ4v) is 2.02. The smallest absolute Gasteiger partial charge is 0.208 e. The highest BCUT2D eigenvalue weighted by Gasteiger charge is 2.18. The van der Waals surface area contributed by atoms with Gasteiger partial charge in [0.05, 0.1) is 6.26 Å². The van der Waals surface area contributed by atoms with Gasteiger partial charge in [0, 0.05) is 24.6 Å². The van der Waals surface area contributed by atoms with Crippen molar-refractivity contribution in [2.24, 2.45) is 5.84 Å². The van der Waals surface area contributed by atoms with E-state index in [1.807, 2.05) is 20.8 Å². The number of hydrogen-bond donors (Lipinski definition) is 4. The van der Waals surface area contributed by atoms with Crippen molar-refractivity contribution in [1.29, 1.82) is 0 Å².